The van der Waals surface area contributed by atoms with Gasteiger partial charge >= 0.3 is 0 Å². The van der Waals surface area contributed by atoms with Crippen molar-refractivity contribution >= 4 is 0 Å². The average molecular weight is 240 g/mol. The fourth-order valence-electron chi connectivity index (χ4n) is 3.68. The molecule has 0 saturated heterocycles. The maximum Gasteiger partial charge on any atom is 0.0474 e. The third kappa shape index (κ3) is 3.43. The Labute approximate surface area is 105 Å². The van der Waals surface area contributed by atoms with Crippen molar-refractivity contribution in [1.29, 1.82) is 0 Å². The number of hydrogen-bond donors (Lipinski definition) is 3. The highest BCUT2D eigenvalue weighted by molar-refractivity contribution is 4.89. The Morgan fingerprint density at radius 3 is 2.47 bits per heavy atom. The second-order valence-electron chi connectivity index (χ2n) is 5.89. The molecule has 2 fully saturated rings. The van der Waals surface area contributed by atoms with Crippen molar-refractivity contribution in [3.8, 4) is 0 Å². The number of rotatable bonds is 5. The number of nitrogens with one attached hydrogen (secondary N) is 1. The molecule has 2 rings (SSSR count). The molecule has 3 unspecified atom stereocenters. The highest BCUT2D eigenvalue weighted by Gasteiger charge is 2.31. The lowest BCUT2D eigenvalue weighted by atomic mass is 9.83. The van der Waals surface area contributed by atoms with Gasteiger partial charge in [-0.05, 0) is 37.5 Å². The Balaban J connectivity index is 1.85. The molecule has 3 heteroatoms. The van der Waals surface area contributed by atoms with Crippen LogP contribution in [0.3, 0.4) is 0 Å². The van der Waals surface area contributed by atoms with Crippen LogP contribution in [-0.2, 0) is 0 Å². The molecule has 2 aliphatic rings. The summed E-state index contributed by atoms with van der Waals surface area (Å²) in [5.74, 6) is 1.24. The van der Waals surface area contributed by atoms with Gasteiger partial charge in [-0.15, -0.1) is 0 Å². The minimum atomic E-state index is 0.333. The van der Waals surface area contributed by atoms with Crippen molar-refractivity contribution in [2.75, 3.05) is 13.2 Å². The van der Waals surface area contributed by atoms with Crippen LogP contribution in [0.2, 0.25) is 0 Å². The molecule has 100 valence electrons. The van der Waals surface area contributed by atoms with E-state index in [9.17, 15) is 5.11 Å². The summed E-state index contributed by atoms with van der Waals surface area (Å²) in [5, 5.41) is 13.1. The molecule has 0 bridgehead atoms. The van der Waals surface area contributed by atoms with E-state index in [1.54, 1.807) is 0 Å². The summed E-state index contributed by atoms with van der Waals surface area (Å²) in [6, 6.07) is 0.989. The van der Waals surface area contributed by atoms with Gasteiger partial charge in [0.15, 0.2) is 0 Å². The highest BCUT2D eigenvalue weighted by Crippen LogP contribution is 2.29. The molecular formula is C14H28N2O. The fourth-order valence-corrected chi connectivity index (χ4v) is 3.68. The van der Waals surface area contributed by atoms with E-state index in [4.69, 9.17) is 5.73 Å². The Kier molecular flexibility index (Phi) is 5.26. The first-order valence-corrected chi connectivity index (χ1v) is 7.42. The quantitative estimate of drug-likeness (QED) is 0.685. The molecule has 0 aromatic carbocycles. The number of aliphatic hydroxyl groups excluding tert-OH is 1. The first-order chi connectivity index (χ1) is 8.35. The summed E-state index contributed by atoms with van der Waals surface area (Å²) in [5.41, 5.74) is 5.94. The summed E-state index contributed by atoms with van der Waals surface area (Å²) in [4.78, 5) is 0. The molecule has 0 spiro atoms. The summed E-state index contributed by atoms with van der Waals surface area (Å²) < 4.78 is 0. The van der Waals surface area contributed by atoms with E-state index in [-0.39, 0.29) is 0 Å². The van der Waals surface area contributed by atoms with E-state index in [0.29, 0.717) is 24.6 Å². The van der Waals surface area contributed by atoms with E-state index in [1.165, 1.54) is 51.4 Å². The molecule has 0 aromatic heterocycles. The Morgan fingerprint density at radius 1 is 1.06 bits per heavy atom. The van der Waals surface area contributed by atoms with Crippen LogP contribution in [0.15, 0.2) is 0 Å². The van der Waals surface area contributed by atoms with Crippen LogP contribution in [0.25, 0.3) is 0 Å². The van der Waals surface area contributed by atoms with Crippen LogP contribution in [0.4, 0.5) is 0 Å². The molecular weight excluding hydrogens is 212 g/mol. The largest absolute Gasteiger partial charge is 0.396 e. The summed E-state index contributed by atoms with van der Waals surface area (Å²) in [6.07, 6.45) is 10.5. The van der Waals surface area contributed by atoms with Crippen molar-refractivity contribution in [1.82, 2.24) is 5.32 Å². The van der Waals surface area contributed by atoms with E-state index < -0.39 is 0 Å². The summed E-state index contributed by atoms with van der Waals surface area (Å²) in [6.45, 7) is 1.08. The second-order valence-corrected chi connectivity index (χ2v) is 5.89. The summed E-state index contributed by atoms with van der Waals surface area (Å²) >= 11 is 0. The molecule has 0 radical (unpaired) electrons. The van der Waals surface area contributed by atoms with Crippen molar-refractivity contribution in [3.05, 3.63) is 0 Å². The maximum absolute atomic E-state index is 9.36. The summed E-state index contributed by atoms with van der Waals surface area (Å²) in [7, 11) is 0. The molecule has 3 atom stereocenters. The van der Waals surface area contributed by atoms with E-state index in [0.717, 1.165) is 12.5 Å². The van der Waals surface area contributed by atoms with Gasteiger partial charge in [0.2, 0.25) is 0 Å². The molecule has 4 N–H and O–H groups in total. The molecule has 0 aliphatic heterocycles. The monoisotopic (exact) mass is 240 g/mol. The molecule has 0 aromatic rings. The molecule has 2 saturated carbocycles. The van der Waals surface area contributed by atoms with Crippen molar-refractivity contribution in [2.24, 2.45) is 17.6 Å². The smallest absolute Gasteiger partial charge is 0.0474 e. The topological polar surface area (TPSA) is 58.3 Å². The predicted octanol–water partition coefficient (Wildman–Crippen LogP) is 1.64. The zero-order chi connectivity index (χ0) is 12.1. The highest BCUT2D eigenvalue weighted by atomic mass is 16.3. The molecule has 0 heterocycles. The fraction of sp³-hybridized carbons (Fsp3) is 1.00. The van der Waals surface area contributed by atoms with Crippen LogP contribution < -0.4 is 11.1 Å². The third-order valence-corrected chi connectivity index (χ3v) is 4.79. The lowest BCUT2D eigenvalue weighted by molar-refractivity contribution is 0.182. The van der Waals surface area contributed by atoms with E-state index >= 15 is 0 Å². The van der Waals surface area contributed by atoms with Crippen molar-refractivity contribution in [2.45, 2.75) is 63.5 Å². The van der Waals surface area contributed by atoms with E-state index in [1.807, 2.05) is 0 Å². The number of nitrogens with two attached hydrogens (primary N) is 1. The Morgan fingerprint density at radius 2 is 1.82 bits per heavy atom. The van der Waals surface area contributed by atoms with Crippen LogP contribution in [0.1, 0.15) is 51.4 Å². The van der Waals surface area contributed by atoms with Gasteiger partial charge in [-0.2, -0.15) is 0 Å². The van der Waals surface area contributed by atoms with Gasteiger partial charge < -0.3 is 16.2 Å². The van der Waals surface area contributed by atoms with Gasteiger partial charge in [0.25, 0.3) is 0 Å². The number of hydrogen-bond acceptors (Lipinski definition) is 3. The van der Waals surface area contributed by atoms with E-state index in [2.05, 4.69) is 5.32 Å². The second kappa shape index (κ2) is 6.72. The standard InChI is InChI=1S/C14H28N2O/c15-9-14(11-5-2-1-3-6-11)16-13-8-4-7-12(13)10-17/h11-14,16-17H,1-10,15H2. The zero-order valence-electron chi connectivity index (χ0n) is 10.9. The lowest BCUT2D eigenvalue weighted by Gasteiger charge is -2.33. The van der Waals surface area contributed by atoms with Crippen LogP contribution >= 0.6 is 0 Å². The first-order valence-electron chi connectivity index (χ1n) is 7.42. The minimum Gasteiger partial charge on any atom is -0.396 e. The molecule has 0 amide bonds. The van der Waals surface area contributed by atoms with Crippen molar-refractivity contribution in [3.63, 3.8) is 0 Å². The minimum absolute atomic E-state index is 0.333. The SMILES string of the molecule is NCC(NC1CCCC1CO)C1CCCCC1. The maximum atomic E-state index is 9.36. The molecule has 2 aliphatic carbocycles. The number of aliphatic hydroxyl groups is 1. The van der Waals surface area contributed by atoms with Gasteiger partial charge in [0.1, 0.15) is 0 Å². The third-order valence-electron chi connectivity index (χ3n) is 4.79. The normalized spacial score (nSPS) is 32.8. The van der Waals surface area contributed by atoms with Crippen LogP contribution in [0.5, 0.6) is 0 Å². The van der Waals surface area contributed by atoms with Gasteiger partial charge in [-0.1, -0.05) is 25.7 Å². The van der Waals surface area contributed by atoms with Gasteiger partial charge in [0, 0.05) is 25.2 Å². The van der Waals surface area contributed by atoms with Crippen LogP contribution in [-0.4, -0.2) is 30.3 Å². The Bertz CT molecular complexity index is 216. The van der Waals surface area contributed by atoms with Gasteiger partial charge in [-0.25, -0.2) is 0 Å². The lowest BCUT2D eigenvalue weighted by Crippen LogP contribution is -2.49. The predicted molar refractivity (Wildman–Crippen MR) is 70.8 cm³/mol. The first kappa shape index (κ1) is 13.3. The Hall–Kier alpha value is -0.120. The van der Waals surface area contributed by atoms with Crippen molar-refractivity contribution < 1.29 is 5.11 Å². The molecule has 3 nitrogen and oxygen atoms in total. The van der Waals surface area contributed by atoms with Gasteiger partial charge in [0.05, 0.1) is 0 Å². The van der Waals surface area contributed by atoms with Gasteiger partial charge in [-0.3, -0.25) is 0 Å². The average Bonchev–Trinajstić information content (AvgIpc) is 2.84. The van der Waals surface area contributed by atoms with Crippen LogP contribution in [0, 0.1) is 11.8 Å². The molecule has 17 heavy (non-hydrogen) atoms. The zero-order valence-corrected chi connectivity index (χ0v) is 10.9.